The Labute approximate surface area is 111 Å². The van der Waals surface area contributed by atoms with Gasteiger partial charge in [0.15, 0.2) is 0 Å². The lowest BCUT2D eigenvalue weighted by atomic mass is 10.1. The minimum absolute atomic E-state index is 0.0522. The minimum Gasteiger partial charge on any atom is -0.393 e. The number of aliphatic hydroxyl groups is 2. The molecule has 1 amide bonds. The molecule has 0 aliphatic rings. The van der Waals surface area contributed by atoms with Crippen molar-refractivity contribution in [2.75, 3.05) is 18.9 Å². The van der Waals surface area contributed by atoms with E-state index in [-0.39, 0.29) is 19.1 Å². The lowest BCUT2D eigenvalue weighted by Gasteiger charge is -2.20. The Kier molecular flexibility index (Phi) is 5.65. The van der Waals surface area contributed by atoms with Crippen LogP contribution in [0.4, 0.5) is 0 Å². The maximum absolute atomic E-state index is 11.6. The number of hydrogen-bond acceptors (Lipinski definition) is 4. The van der Waals surface area contributed by atoms with E-state index < -0.39 is 5.60 Å². The fraction of sp³-hybridized carbons (Fsp3) is 0.462. The van der Waals surface area contributed by atoms with Crippen LogP contribution >= 0.6 is 11.8 Å². The molecule has 100 valence electrons. The van der Waals surface area contributed by atoms with Crippen LogP contribution in [-0.2, 0) is 4.79 Å². The number of carbonyl (C=O) groups excluding carboxylic acids is 1. The van der Waals surface area contributed by atoms with Gasteiger partial charge in [-0.05, 0) is 25.5 Å². The van der Waals surface area contributed by atoms with Gasteiger partial charge in [-0.3, -0.25) is 4.79 Å². The first-order valence-corrected chi connectivity index (χ1v) is 6.71. The Balaban J connectivity index is 2.36. The first-order chi connectivity index (χ1) is 8.44. The number of rotatable bonds is 6. The van der Waals surface area contributed by atoms with Crippen molar-refractivity contribution in [3.63, 3.8) is 0 Å². The van der Waals surface area contributed by atoms with Gasteiger partial charge >= 0.3 is 0 Å². The second kappa shape index (κ2) is 6.78. The van der Waals surface area contributed by atoms with Gasteiger partial charge in [-0.1, -0.05) is 18.2 Å². The lowest BCUT2D eigenvalue weighted by Crippen LogP contribution is -2.43. The number of amides is 1. The van der Waals surface area contributed by atoms with Crippen LogP contribution in [0.2, 0.25) is 0 Å². The molecule has 0 heterocycles. The normalized spacial score (nSPS) is 14.0. The fourth-order valence-corrected chi connectivity index (χ4v) is 2.12. The van der Waals surface area contributed by atoms with Crippen LogP contribution in [0.5, 0.6) is 0 Å². The average molecular weight is 269 g/mol. The van der Waals surface area contributed by atoms with Gasteiger partial charge in [0.2, 0.25) is 5.91 Å². The summed E-state index contributed by atoms with van der Waals surface area (Å²) < 4.78 is 0. The summed E-state index contributed by atoms with van der Waals surface area (Å²) in [5, 5.41) is 21.0. The molecule has 0 radical (unpaired) electrons. The zero-order chi connectivity index (χ0) is 13.6. The van der Waals surface area contributed by atoms with Gasteiger partial charge in [0, 0.05) is 11.4 Å². The summed E-state index contributed by atoms with van der Waals surface area (Å²) in [5.41, 5.74) is -0.124. The van der Waals surface area contributed by atoms with Crippen molar-refractivity contribution in [1.82, 2.24) is 5.32 Å². The van der Waals surface area contributed by atoms with Crippen LogP contribution in [0.3, 0.4) is 0 Å². The number of thioether (sulfide) groups is 1. The second-order valence-corrected chi connectivity index (χ2v) is 5.50. The molecule has 1 atom stereocenters. The molecule has 0 saturated carbocycles. The summed E-state index contributed by atoms with van der Waals surface area (Å²) in [6.45, 7) is 3.15. The monoisotopic (exact) mass is 269 g/mol. The number of aliphatic hydroxyl groups excluding tert-OH is 1. The highest BCUT2D eigenvalue weighted by molar-refractivity contribution is 8.00. The van der Waals surface area contributed by atoms with Crippen molar-refractivity contribution in [1.29, 1.82) is 0 Å². The molecule has 0 fully saturated rings. The molecule has 0 aliphatic heterocycles. The first-order valence-electron chi connectivity index (χ1n) is 5.73. The quantitative estimate of drug-likeness (QED) is 0.672. The predicted molar refractivity (Wildman–Crippen MR) is 72.6 cm³/mol. The molecule has 0 aromatic heterocycles. The van der Waals surface area contributed by atoms with Crippen LogP contribution in [0.25, 0.3) is 0 Å². The molecule has 1 unspecified atom stereocenters. The summed E-state index contributed by atoms with van der Waals surface area (Å²) >= 11 is 1.46. The SMILES string of the molecule is Cc1ccccc1SCC(=O)NCC(C)(O)CO. The van der Waals surface area contributed by atoms with E-state index in [1.807, 2.05) is 31.2 Å². The van der Waals surface area contributed by atoms with E-state index in [4.69, 9.17) is 5.11 Å². The van der Waals surface area contributed by atoms with Gasteiger partial charge in [-0.25, -0.2) is 0 Å². The summed E-state index contributed by atoms with van der Waals surface area (Å²) in [4.78, 5) is 12.6. The van der Waals surface area contributed by atoms with Crippen LogP contribution in [0, 0.1) is 6.92 Å². The zero-order valence-corrected chi connectivity index (χ0v) is 11.5. The van der Waals surface area contributed by atoms with E-state index in [0.717, 1.165) is 10.5 Å². The van der Waals surface area contributed by atoms with E-state index in [9.17, 15) is 9.90 Å². The van der Waals surface area contributed by atoms with Crippen molar-refractivity contribution in [2.45, 2.75) is 24.3 Å². The maximum atomic E-state index is 11.6. The van der Waals surface area contributed by atoms with E-state index in [2.05, 4.69) is 5.32 Å². The number of carbonyl (C=O) groups is 1. The van der Waals surface area contributed by atoms with Crippen LogP contribution in [-0.4, -0.2) is 40.6 Å². The topological polar surface area (TPSA) is 69.6 Å². The third kappa shape index (κ3) is 5.08. The van der Waals surface area contributed by atoms with Crippen LogP contribution < -0.4 is 5.32 Å². The first kappa shape index (κ1) is 15.0. The van der Waals surface area contributed by atoms with Gasteiger partial charge in [0.1, 0.15) is 5.60 Å². The standard InChI is InChI=1S/C13H19NO3S/c1-10-5-3-4-6-11(10)18-7-12(16)14-8-13(2,17)9-15/h3-6,15,17H,7-9H2,1-2H3,(H,14,16). The van der Waals surface area contributed by atoms with Crippen molar-refractivity contribution < 1.29 is 15.0 Å². The molecular weight excluding hydrogens is 250 g/mol. The second-order valence-electron chi connectivity index (χ2n) is 4.49. The van der Waals surface area contributed by atoms with Crippen molar-refractivity contribution in [2.24, 2.45) is 0 Å². The Morgan fingerprint density at radius 1 is 1.44 bits per heavy atom. The molecule has 0 aliphatic carbocycles. The van der Waals surface area contributed by atoms with Gasteiger partial charge < -0.3 is 15.5 Å². The van der Waals surface area contributed by atoms with E-state index in [0.29, 0.717) is 5.75 Å². The minimum atomic E-state index is -1.26. The number of benzene rings is 1. The third-order valence-corrected chi connectivity index (χ3v) is 3.63. The molecule has 0 saturated heterocycles. The molecule has 18 heavy (non-hydrogen) atoms. The predicted octanol–water partition coefficient (Wildman–Crippen LogP) is 0.947. The number of aryl methyl sites for hydroxylation is 1. The highest BCUT2D eigenvalue weighted by Gasteiger charge is 2.19. The van der Waals surface area contributed by atoms with Gasteiger partial charge in [-0.2, -0.15) is 0 Å². The van der Waals surface area contributed by atoms with Crippen LogP contribution in [0.1, 0.15) is 12.5 Å². The Morgan fingerprint density at radius 3 is 2.72 bits per heavy atom. The third-order valence-electron chi connectivity index (χ3n) is 2.46. The molecular formula is C13H19NO3S. The number of hydrogen-bond donors (Lipinski definition) is 3. The highest BCUT2D eigenvalue weighted by Crippen LogP contribution is 2.21. The zero-order valence-electron chi connectivity index (χ0n) is 10.6. The lowest BCUT2D eigenvalue weighted by molar-refractivity contribution is -0.120. The van der Waals surface area contributed by atoms with Gasteiger partial charge in [0.05, 0.1) is 12.4 Å². The van der Waals surface area contributed by atoms with Crippen LogP contribution in [0.15, 0.2) is 29.2 Å². The van der Waals surface area contributed by atoms with E-state index in [1.54, 1.807) is 0 Å². The Bertz CT molecular complexity index is 407. The average Bonchev–Trinajstić information content (AvgIpc) is 2.35. The molecule has 1 rings (SSSR count). The van der Waals surface area contributed by atoms with Crippen molar-refractivity contribution >= 4 is 17.7 Å². The van der Waals surface area contributed by atoms with E-state index in [1.165, 1.54) is 18.7 Å². The molecule has 4 nitrogen and oxygen atoms in total. The molecule has 0 bridgehead atoms. The summed E-state index contributed by atoms with van der Waals surface area (Å²) in [6.07, 6.45) is 0. The molecule has 0 spiro atoms. The van der Waals surface area contributed by atoms with Crippen molar-refractivity contribution in [3.05, 3.63) is 29.8 Å². The Morgan fingerprint density at radius 2 is 2.11 bits per heavy atom. The summed E-state index contributed by atoms with van der Waals surface area (Å²) in [7, 11) is 0. The molecule has 5 heteroatoms. The Hall–Kier alpha value is -1.04. The maximum Gasteiger partial charge on any atom is 0.230 e. The summed E-state index contributed by atoms with van der Waals surface area (Å²) in [6, 6.07) is 7.86. The fourth-order valence-electron chi connectivity index (χ4n) is 1.26. The number of nitrogens with one attached hydrogen (secondary N) is 1. The molecule has 1 aromatic carbocycles. The van der Waals surface area contributed by atoms with Gasteiger partial charge in [0.25, 0.3) is 0 Å². The van der Waals surface area contributed by atoms with E-state index >= 15 is 0 Å². The molecule has 1 aromatic rings. The van der Waals surface area contributed by atoms with Crippen molar-refractivity contribution in [3.8, 4) is 0 Å². The highest BCUT2D eigenvalue weighted by atomic mass is 32.2. The van der Waals surface area contributed by atoms with Gasteiger partial charge in [-0.15, -0.1) is 11.8 Å². The summed E-state index contributed by atoms with van der Waals surface area (Å²) in [5.74, 6) is 0.142. The largest absolute Gasteiger partial charge is 0.393 e. The molecule has 3 N–H and O–H groups in total. The smallest absolute Gasteiger partial charge is 0.230 e.